The van der Waals surface area contributed by atoms with Crippen molar-refractivity contribution in [1.29, 1.82) is 0 Å². The molecule has 0 aliphatic heterocycles. The van der Waals surface area contributed by atoms with Crippen LogP contribution in [0, 0.1) is 6.92 Å². The van der Waals surface area contributed by atoms with Gasteiger partial charge in [0.2, 0.25) is 0 Å². The zero-order chi connectivity index (χ0) is 28.7. The third-order valence-electron chi connectivity index (χ3n) is 8.27. The number of hydrogen-bond donors (Lipinski definition) is 1. The van der Waals surface area contributed by atoms with Crippen LogP contribution in [0.4, 0.5) is 11.4 Å². The number of benzene rings is 5. The van der Waals surface area contributed by atoms with Crippen molar-refractivity contribution >= 4 is 25.3 Å². The highest BCUT2D eigenvalue weighted by Gasteiger charge is 2.33. The van der Waals surface area contributed by atoms with Crippen molar-refractivity contribution in [1.82, 2.24) is 0 Å². The zero-order valence-electron chi connectivity index (χ0n) is 24.3. The van der Waals surface area contributed by atoms with Gasteiger partial charge in [-0.15, -0.1) is 0 Å². The Morgan fingerprint density at radius 3 is 1.76 bits per heavy atom. The number of rotatable bonds is 11. The Kier molecular flexibility index (Phi) is 9.22. The van der Waals surface area contributed by atoms with Gasteiger partial charge in [0.1, 0.15) is 5.75 Å². The van der Waals surface area contributed by atoms with Gasteiger partial charge in [0.25, 0.3) is 0 Å². The highest BCUT2D eigenvalue weighted by molar-refractivity contribution is 7.48. The van der Waals surface area contributed by atoms with E-state index in [9.17, 15) is 5.11 Å². The first-order valence-electron chi connectivity index (χ1n) is 14.6. The number of hydrogen-bond acceptors (Lipinski definition) is 2. The molecule has 0 aliphatic carbocycles. The third kappa shape index (κ3) is 6.39. The number of aryl methyl sites for hydroxylation is 1. The molecule has 41 heavy (non-hydrogen) atoms. The van der Waals surface area contributed by atoms with E-state index in [0.29, 0.717) is 14.3 Å². The van der Waals surface area contributed by atoms with Crippen LogP contribution in [0.3, 0.4) is 0 Å². The molecule has 3 heteroatoms. The molecule has 0 saturated heterocycles. The smallest absolute Gasteiger partial charge is 0.123 e. The molecule has 0 spiro atoms. The SMILES string of the molecule is CCC(CC)(Pc1c(C)cccc1CN(c1ccccc1)c1ccccc1)c1cccc(Cc2ccccc2)c1O. The lowest BCUT2D eigenvalue weighted by molar-refractivity contribution is 0.443. The topological polar surface area (TPSA) is 23.5 Å². The Balaban J connectivity index is 1.54. The van der Waals surface area contributed by atoms with E-state index in [-0.39, 0.29) is 5.16 Å². The Hall–Kier alpha value is -3.87. The van der Waals surface area contributed by atoms with Crippen LogP contribution in [0.1, 0.15) is 54.5 Å². The highest BCUT2D eigenvalue weighted by atomic mass is 31.1. The maximum absolute atomic E-state index is 11.7. The average Bonchev–Trinajstić information content (AvgIpc) is 3.02. The molecule has 0 aromatic heterocycles. The maximum Gasteiger partial charge on any atom is 0.123 e. The lowest BCUT2D eigenvalue weighted by Crippen LogP contribution is -2.27. The molecule has 0 fully saturated rings. The second-order valence-corrected chi connectivity index (χ2v) is 12.5. The second-order valence-electron chi connectivity index (χ2n) is 10.8. The number of phenols is 1. The molecular weight excluding hydrogens is 517 g/mol. The van der Waals surface area contributed by atoms with Gasteiger partial charge in [0.05, 0.1) is 0 Å². The van der Waals surface area contributed by atoms with Gasteiger partial charge >= 0.3 is 0 Å². The molecule has 5 aromatic rings. The second kappa shape index (κ2) is 13.2. The van der Waals surface area contributed by atoms with E-state index in [2.05, 4.69) is 147 Å². The molecule has 1 N–H and O–H groups in total. The molecule has 2 nitrogen and oxygen atoms in total. The van der Waals surface area contributed by atoms with Crippen molar-refractivity contribution in [2.75, 3.05) is 4.90 Å². The molecule has 0 aliphatic rings. The summed E-state index contributed by atoms with van der Waals surface area (Å²) >= 11 is 0. The average molecular weight is 558 g/mol. The molecule has 5 rings (SSSR count). The third-order valence-corrected chi connectivity index (χ3v) is 10.7. The van der Waals surface area contributed by atoms with E-state index < -0.39 is 0 Å². The molecule has 208 valence electrons. The molecule has 0 bridgehead atoms. The van der Waals surface area contributed by atoms with Crippen molar-refractivity contribution in [3.05, 3.63) is 155 Å². The van der Waals surface area contributed by atoms with Gasteiger partial charge < -0.3 is 10.0 Å². The summed E-state index contributed by atoms with van der Waals surface area (Å²) in [7, 11) is 0.530. The summed E-state index contributed by atoms with van der Waals surface area (Å²) in [4.78, 5) is 2.40. The molecule has 1 unspecified atom stereocenters. The first-order valence-corrected chi connectivity index (χ1v) is 15.6. The Morgan fingerprint density at radius 1 is 0.634 bits per heavy atom. The maximum atomic E-state index is 11.7. The van der Waals surface area contributed by atoms with Crippen LogP contribution < -0.4 is 10.2 Å². The van der Waals surface area contributed by atoms with Gasteiger partial charge in [-0.25, -0.2) is 0 Å². The Labute approximate surface area is 247 Å². The zero-order valence-corrected chi connectivity index (χ0v) is 25.3. The van der Waals surface area contributed by atoms with Crippen LogP contribution in [0.25, 0.3) is 0 Å². The number of aromatic hydroxyl groups is 1. The normalized spacial score (nSPS) is 11.7. The molecule has 0 heterocycles. The van der Waals surface area contributed by atoms with Gasteiger partial charge in [0.15, 0.2) is 0 Å². The van der Waals surface area contributed by atoms with Crippen LogP contribution in [-0.4, -0.2) is 5.11 Å². The van der Waals surface area contributed by atoms with Crippen LogP contribution in [0.5, 0.6) is 5.75 Å². The van der Waals surface area contributed by atoms with Crippen molar-refractivity contribution in [3.63, 3.8) is 0 Å². The molecule has 5 aromatic carbocycles. The summed E-state index contributed by atoms with van der Waals surface area (Å²) < 4.78 is 0. The lowest BCUT2D eigenvalue weighted by Gasteiger charge is -2.36. The van der Waals surface area contributed by atoms with E-state index >= 15 is 0 Å². The van der Waals surface area contributed by atoms with Crippen LogP contribution >= 0.6 is 8.58 Å². The predicted octanol–water partition coefficient (Wildman–Crippen LogP) is 9.65. The van der Waals surface area contributed by atoms with Gasteiger partial charge in [-0.1, -0.05) is 126 Å². The summed E-state index contributed by atoms with van der Waals surface area (Å²) in [5.74, 6) is 0.456. The Morgan fingerprint density at radius 2 is 1.17 bits per heavy atom. The fourth-order valence-electron chi connectivity index (χ4n) is 5.81. The minimum absolute atomic E-state index is 0.151. The van der Waals surface area contributed by atoms with Crippen LogP contribution in [-0.2, 0) is 18.1 Å². The fraction of sp³-hybridized carbons (Fsp3) is 0.211. The predicted molar refractivity (Wildman–Crippen MR) is 177 cm³/mol. The van der Waals surface area contributed by atoms with E-state index in [0.717, 1.165) is 36.9 Å². The van der Waals surface area contributed by atoms with Crippen LogP contribution in [0.15, 0.2) is 127 Å². The van der Waals surface area contributed by atoms with E-state index in [1.165, 1.54) is 33.4 Å². The summed E-state index contributed by atoms with van der Waals surface area (Å²) in [5, 5.41) is 13.0. The highest BCUT2D eigenvalue weighted by Crippen LogP contribution is 2.51. The lowest BCUT2D eigenvalue weighted by atomic mass is 9.89. The quantitative estimate of drug-likeness (QED) is 0.163. The molecule has 1 atom stereocenters. The van der Waals surface area contributed by atoms with Crippen LogP contribution in [0.2, 0.25) is 0 Å². The van der Waals surface area contributed by atoms with Crippen molar-refractivity contribution in [2.45, 2.75) is 51.7 Å². The number of nitrogens with zero attached hydrogens (tertiary/aromatic N) is 1. The molecule has 0 radical (unpaired) electrons. The molecule has 0 saturated carbocycles. The van der Waals surface area contributed by atoms with E-state index in [1.54, 1.807) is 0 Å². The monoisotopic (exact) mass is 557 g/mol. The first-order chi connectivity index (χ1) is 20.0. The number of phenolic OH excluding ortho intramolecular Hbond substituents is 1. The van der Waals surface area contributed by atoms with E-state index in [1.807, 2.05) is 6.07 Å². The summed E-state index contributed by atoms with van der Waals surface area (Å²) in [6, 6.07) is 44.8. The van der Waals surface area contributed by atoms with E-state index in [4.69, 9.17) is 0 Å². The number of anilines is 2. The summed E-state index contributed by atoms with van der Waals surface area (Å²) in [6.07, 6.45) is 2.64. The summed E-state index contributed by atoms with van der Waals surface area (Å²) in [6.45, 7) is 7.57. The van der Waals surface area contributed by atoms with Gasteiger partial charge in [-0.05, 0) is 71.6 Å². The van der Waals surface area contributed by atoms with Crippen molar-refractivity contribution in [2.24, 2.45) is 0 Å². The minimum atomic E-state index is -0.151. The molecular formula is C38H40NOP. The summed E-state index contributed by atoms with van der Waals surface area (Å²) in [5.41, 5.74) is 8.29. The number of para-hydroxylation sites is 3. The van der Waals surface area contributed by atoms with Gasteiger partial charge in [0, 0.05) is 35.1 Å². The first kappa shape index (κ1) is 28.7. The molecule has 0 amide bonds. The Bertz CT molecular complexity index is 1510. The standard InChI is InChI=1S/C38H40NOP/c1-4-38(5-2,35-26-16-20-31(36(35)40)27-30-18-9-6-10-19-30)41-37-29(3)17-15-21-32(37)28-39(33-22-11-7-12-23-33)34-24-13-8-14-25-34/h6-26,40-41H,4-5,27-28H2,1-3H3. The minimum Gasteiger partial charge on any atom is -0.507 e. The van der Waals surface area contributed by atoms with Gasteiger partial charge in [-0.2, -0.15) is 0 Å². The van der Waals surface area contributed by atoms with Gasteiger partial charge in [-0.3, -0.25) is 0 Å². The van der Waals surface area contributed by atoms with Crippen molar-refractivity contribution < 1.29 is 5.11 Å². The fourth-order valence-corrected chi connectivity index (χ4v) is 7.58. The largest absolute Gasteiger partial charge is 0.507 e. The van der Waals surface area contributed by atoms with Crippen molar-refractivity contribution in [3.8, 4) is 5.75 Å².